The van der Waals surface area contributed by atoms with Gasteiger partial charge in [-0.3, -0.25) is 10.1 Å². The topological polar surface area (TPSA) is 52.4 Å². The van der Waals surface area contributed by atoms with Gasteiger partial charge in [-0.05, 0) is 12.5 Å². The molecule has 94 valence electrons. The number of ether oxygens (including phenoxy) is 1. The van der Waals surface area contributed by atoms with Crippen molar-refractivity contribution in [1.29, 1.82) is 0 Å². The molecule has 0 fully saturated rings. The minimum absolute atomic E-state index is 0.0142. The molecule has 0 saturated carbocycles. The highest BCUT2D eigenvalue weighted by molar-refractivity contribution is 5.45. The Morgan fingerprint density at radius 2 is 1.94 bits per heavy atom. The molecule has 0 amide bonds. The third-order valence-electron chi connectivity index (χ3n) is 1.92. The highest BCUT2D eigenvalue weighted by Crippen LogP contribution is 2.27. The molecule has 0 heterocycles. The maximum Gasteiger partial charge on any atom is 0.389 e. The largest absolute Gasteiger partial charge is 0.487 e. The molecule has 0 spiro atoms. The lowest BCUT2D eigenvalue weighted by molar-refractivity contribution is -0.385. The van der Waals surface area contributed by atoms with Gasteiger partial charge < -0.3 is 4.74 Å². The Bertz CT molecular complexity index is 393. The molecule has 0 radical (unpaired) electrons. The lowest BCUT2D eigenvalue weighted by Crippen LogP contribution is -2.10. The van der Waals surface area contributed by atoms with Crippen LogP contribution in [0.2, 0.25) is 0 Å². The molecule has 1 rings (SSSR count). The Balaban J connectivity index is 2.49. The van der Waals surface area contributed by atoms with Crippen LogP contribution in [0.1, 0.15) is 12.8 Å². The Kier molecular flexibility index (Phi) is 4.30. The standard InChI is InChI=1S/C10H10F3NO3/c11-10(12,13)6-3-7-17-9-5-2-1-4-8(9)14(15)16/h1-2,4-5H,3,6-7H2. The molecule has 0 N–H and O–H groups in total. The Morgan fingerprint density at radius 3 is 2.53 bits per heavy atom. The second-order valence-corrected chi connectivity index (χ2v) is 3.29. The van der Waals surface area contributed by atoms with Crippen LogP contribution < -0.4 is 4.74 Å². The van der Waals surface area contributed by atoms with Crippen LogP contribution in [0.4, 0.5) is 18.9 Å². The van der Waals surface area contributed by atoms with Gasteiger partial charge in [0.2, 0.25) is 0 Å². The lowest BCUT2D eigenvalue weighted by Gasteiger charge is -2.08. The Morgan fingerprint density at radius 1 is 1.29 bits per heavy atom. The van der Waals surface area contributed by atoms with Crippen molar-refractivity contribution in [2.24, 2.45) is 0 Å². The van der Waals surface area contributed by atoms with Crippen LogP contribution in [-0.4, -0.2) is 17.7 Å². The fourth-order valence-electron chi connectivity index (χ4n) is 1.18. The van der Waals surface area contributed by atoms with Gasteiger partial charge in [-0.2, -0.15) is 13.2 Å². The molecule has 17 heavy (non-hydrogen) atoms. The maximum absolute atomic E-state index is 11.8. The van der Waals surface area contributed by atoms with Crippen LogP contribution in [0.3, 0.4) is 0 Å². The highest BCUT2D eigenvalue weighted by Gasteiger charge is 2.26. The number of nitro benzene ring substituents is 1. The van der Waals surface area contributed by atoms with Crippen molar-refractivity contribution in [3.05, 3.63) is 34.4 Å². The van der Waals surface area contributed by atoms with E-state index in [4.69, 9.17) is 4.74 Å². The molecule has 0 aromatic heterocycles. The average Bonchev–Trinajstić information content (AvgIpc) is 2.23. The number of rotatable bonds is 5. The molecule has 0 atom stereocenters. The number of para-hydroxylation sites is 2. The number of benzene rings is 1. The van der Waals surface area contributed by atoms with E-state index in [-0.39, 0.29) is 24.5 Å². The summed E-state index contributed by atoms with van der Waals surface area (Å²) in [6.45, 7) is -0.204. The second kappa shape index (κ2) is 5.51. The zero-order valence-corrected chi connectivity index (χ0v) is 8.74. The zero-order valence-electron chi connectivity index (χ0n) is 8.74. The highest BCUT2D eigenvalue weighted by atomic mass is 19.4. The lowest BCUT2D eigenvalue weighted by atomic mass is 10.3. The van der Waals surface area contributed by atoms with E-state index in [1.165, 1.54) is 24.3 Å². The van der Waals surface area contributed by atoms with Gasteiger partial charge in [0.05, 0.1) is 11.5 Å². The van der Waals surface area contributed by atoms with Gasteiger partial charge in [-0.1, -0.05) is 12.1 Å². The summed E-state index contributed by atoms with van der Waals surface area (Å²) < 4.78 is 40.4. The zero-order chi connectivity index (χ0) is 12.9. The fraction of sp³-hybridized carbons (Fsp3) is 0.400. The Hall–Kier alpha value is -1.79. The van der Waals surface area contributed by atoms with Gasteiger partial charge in [0.25, 0.3) is 0 Å². The third-order valence-corrected chi connectivity index (χ3v) is 1.92. The molecule has 7 heteroatoms. The van der Waals surface area contributed by atoms with Crippen LogP contribution in [0.5, 0.6) is 5.75 Å². The van der Waals surface area contributed by atoms with Crippen molar-refractivity contribution in [3.8, 4) is 5.75 Å². The number of nitro groups is 1. The number of alkyl halides is 3. The van der Waals surface area contributed by atoms with Crippen molar-refractivity contribution in [2.75, 3.05) is 6.61 Å². The first-order valence-electron chi connectivity index (χ1n) is 4.83. The van der Waals surface area contributed by atoms with E-state index in [1.54, 1.807) is 0 Å². The van der Waals surface area contributed by atoms with Crippen LogP contribution in [0.25, 0.3) is 0 Å². The number of hydrogen-bond donors (Lipinski definition) is 0. The smallest absolute Gasteiger partial charge is 0.389 e. The predicted molar refractivity (Wildman–Crippen MR) is 53.9 cm³/mol. The molecule has 0 aliphatic heterocycles. The molecular weight excluding hydrogens is 239 g/mol. The van der Waals surface area contributed by atoms with Crippen molar-refractivity contribution in [1.82, 2.24) is 0 Å². The average molecular weight is 249 g/mol. The molecule has 4 nitrogen and oxygen atoms in total. The van der Waals surface area contributed by atoms with Crippen LogP contribution in [0, 0.1) is 10.1 Å². The van der Waals surface area contributed by atoms with Gasteiger partial charge in [0.15, 0.2) is 5.75 Å². The minimum Gasteiger partial charge on any atom is -0.487 e. The molecule has 1 aromatic rings. The molecule has 1 aromatic carbocycles. The predicted octanol–water partition coefficient (Wildman–Crippen LogP) is 3.32. The van der Waals surface area contributed by atoms with Gasteiger partial charge in [0, 0.05) is 12.5 Å². The van der Waals surface area contributed by atoms with Crippen molar-refractivity contribution in [3.63, 3.8) is 0 Å². The summed E-state index contributed by atoms with van der Waals surface area (Å²) in [6.07, 6.45) is -5.42. The van der Waals surface area contributed by atoms with Gasteiger partial charge in [-0.15, -0.1) is 0 Å². The first kappa shape index (κ1) is 13.3. The van der Waals surface area contributed by atoms with Crippen LogP contribution in [-0.2, 0) is 0 Å². The number of hydrogen-bond acceptors (Lipinski definition) is 3. The van der Waals surface area contributed by atoms with Gasteiger partial charge in [-0.25, -0.2) is 0 Å². The van der Waals surface area contributed by atoms with Crippen molar-refractivity contribution < 1.29 is 22.8 Å². The summed E-state index contributed by atoms with van der Waals surface area (Å²) in [4.78, 5) is 9.92. The monoisotopic (exact) mass is 249 g/mol. The van der Waals surface area contributed by atoms with E-state index >= 15 is 0 Å². The first-order chi connectivity index (χ1) is 7.90. The van der Waals surface area contributed by atoms with E-state index < -0.39 is 17.5 Å². The molecule has 0 saturated heterocycles. The van der Waals surface area contributed by atoms with Gasteiger partial charge >= 0.3 is 11.9 Å². The molecular formula is C10H10F3NO3. The SMILES string of the molecule is O=[N+]([O-])c1ccccc1OCCCC(F)(F)F. The Labute approximate surface area is 95.2 Å². The summed E-state index contributed by atoms with van der Waals surface area (Å²) in [6, 6.07) is 5.57. The van der Waals surface area contributed by atoms with E-state index in [2.05, 4.69) is 0 Å². The second-order valence-electron chi connectivity index (χ2n) is 3.29. The van der Waals surface area contributed by atoms with Crippen molar-refractivity contribution in [2.45, 2.75) is 19.0 Å². The number of nitrogens with zero attached hydrogens (tertiary/aromatic N) is 1. The molecule has 0 aliphatic carbocycles. The summed E-state index contributed by atoms with van der Waals surface area (Å²) in [7, 11) is 0. The molecule has 0 unspecified atom stereocenters. The summed E-state index contributed by atoms with van der Waals surface area (Å²) >= 11 is 0. The fourth-order valence-corrected chi connectivity index (χ4v) is 1.18. The molecule has 0 bridgehead atoms. The summed E-state index contributed by atoms with van der Waals surface area (Å²) in [5.74, 6) is -0.0142. The normalized spacial score (nSPS) is 11.2. The van der Waals surface area contributed by atoms with Crippen LogP contribution in [0.15, 0.2) is 24.3 Å². The molecule has 0 aliphatic rings. The first-order valence-corrected chi connectivity index (χ1v) is 4.83. The summed E-state index contributed by atoms with van der Waals surface area (Å²) in [5.41, 5.74) is -0.250. The number of halogens is 3. The quantitative estimate of drug-likeness (QED) is 0.457. The van der Waals surface area contributed by atoms with E-state index in [0.717, 1.165) is 0 Å². The van der Waals surface area contributed by atoms with Crippen LogP contribution >= 0.6 is 0 Å². The van der Waals surface area contributed by atoms with Crippen molar-refractivity contribution >= 4 is 5.69 Å². The van der Waals surface area contributed by atoms with E-state index in [1.807, 2.05) is 0 Å². The van der Waals surface area contributed by atoms with E-state index in [9.17, 15) is 23.3 Å². The maximum atomic E-state index is 11.8. The third kappa shape index (κ3) is 4.71. The van der Waals surface area contributed by atoms with Gasteiger partial charge in [0.1, 0.15) is 0 Å². The summed E-state index contributed by atoms with van der Waals surface area (Å²) in [5, 5.41) is 10.6. The van der Waals surface area contributed by atoms with E-state index in [0.29, 0.717) is 0 Å². The minimum atomic E-state index is -4.23.